The molecule has 0 unspecified atom stereocenters. The van der Waals surface area contributed by atoms with Gasteiger partial charge in [0.1, 0.15) is 5.75 Å². The van der Waals surface area contributed by atoms with Gasteiger partial charge >= 0.3 is 0 Å². The van der Waals surface area contributed by atoms with Gasteiger partial charge in [0.05, 0.1) is 12.8 Å². The summed E-state index contributed by atoms with van der Waals surface area (Å²) in [6.45, 7) is 4.06. The molecule has 22 heavy (non-hydrogen) atoms. The lowest BCUT2D eigenvalue weighted by molar-refractivity contribution is -0.123. The van der Waals surface area contributed by atoms with E-state index in [1.165, 1.54) is 0 Å². The lowest BCUT2D eigenvalue weighted by atomic mass is 10.2. The van der Waals surface area contributed by atoms with Crippen molar-refractivity contribution in [1.82, 2.24) is 15.5 Å². The molecule has 1 N–H and O–H groups in total. The molecule has 2 rings (SSSR count). The Morgan fingerprint density at radius 1 is 1.23 bits per heavy atom. The van der Waals surface area contributed by atoms with Crippen LogP contribution in [0.3, 0.4) is 0 Å². The minimum Gasteiger partial charge on any atom is -0.496 e. The van der Waals surface area contributed by atoms with Crippen LogP contribution < -0.4 is 14.8 Å². The number of methoxy groups -OCH3 is 1. The largest absolute Gasteiger partial charge is 0.496 e. The van der Waals surface area contributed by atoms with Crippen molar-refractivity contribution in [3.63, 3.8) is 0 Å². The third kappa shape index (κ3) is 4.18. The molecular weight excluding hydrogens is 282 g/mol. The van der Waals surface area contributed by atoms with Crippen LogP contribution in [0.5, 0.6) is 11.6 Å². The Bertz CT molecular complexity index is 659. The van der Waals surface area contributed by atoms with Gasteiger partial charge in [0.25, 0.3) is 5.91 Å². The van der Waals surface area contributed by atoms with Crippen LogP contribution in [-0.2, 0) is 11.3 Å². The van der Waals surface area contributed by atoms with Crippen molar-refractivity contribution in [2.75, 3.05) is 13.7 Å². The number of para-hydroxylation sites is 1. The van der Waals surface area contributed by atoms with Crippen LogP contribution in [0, 0.1) is 13.8 Å². The molecule has 2 aromatic rings. The topological polar surface area (TPSA) is 73.3 Å². The molecule has 0 atom stereocenters. The quantitative estimate of drug-likeness (QED) is 0.880. The van der Waals surface area contributed by atoms with Gasteiger partial charge in [-0.25, -0.2) is 0 Å². The fraction of sp³-hybridized carbons (Fsp3) is 0.312. The molecule has 1 amide bonds. The fourth-order valence-electron chi connectivity index (χ4n) is 1.83. The van der Waals surface area contributed by atoms with Crippen LogP contribution in [0.1, 0.15) is 16.8 Å². The molecule has 0 saturated carbocycles. The van der Waals surface area contributed by atoms with Crippen molar-refractivity contribution in [3.05, 3.63) is 47.2 Å². The van der Waals surface area contributed by atoms with E-state index in [1.807, 2.05) is 38.1 Å². The first-order valence-corrected chi connectivity index (χ1v) is 6.92. The molecule has 0 aliphatic carbocycles. The highest BCUT2D eigenvalue weighted by Gasteiger charge is 2.07. The number of nitrogens with zero attached hydrogens (tertiary/aromatic N) is 2. The Kier molecular flexibility index (Phi) is 5.30. The molecule has 6 nitrogen and oxygen atoms in total. The van der Waals surface area contributed by atoms with Gasteiger partial charge in [-0.05, 0) is 25.5 Å². The van der Waals surface area contributed by atoms with E-state index in [2.05, 4.69) is 15.5 Å². The smallest absolute Gasteiger partial charge is 0.258 e. The highest BCUT2D eigenvalue weighted by molar-refractivity contribution is 5.77. The van der Waals surface area contributed by atoms with Crippen molar-refractivity contribution in [3.8, 4) is 11.6 Å². The van der Waals surface area contributed by atoms with Crippen molar-refractivity contribution >= 4 is 5.91 Å². The van der Waals surface area contributed by atoms with Gasteiger partial charge in [-0.15, -0.1) is 5.10 Å². The Morgan fingerprint density at radius 3 is 2.73 bits per heavy atom. The summed E-state index contributed by atoms with van der Waals surface area (Å²) in [6, 6.07) is 9.28. The summed E-state index contributed by atoms with van der Waals surface area (Å²) >= 11 is 0. The molecule has 116 valence electrons. The number of carbonyl (C=O) groups excluding carboxylic acids is 1. The SMILES string of the molecule is COc1ccccc1CNC(=O)COc1cc(C)c(C)nn1. The number of hydrogen-bond donors (Lipinski definition) is 1. The summed E-state index contributed by atoms with van der Waals surface area (Å²) in [5, 5.41) is 10.6. The zero-order valence-corrected chi connectivity index (χ0v) is 12.9. The van der Waals surface area contributed by atoms with Crippen LogP contribution in [0.15, 0.2) is 30.3 Å². The second-order valence-electron chi connectivity index (χ2n) is 4.83. The summed E-state index contributed by atoms with van der Waals surface area (Å²) in [5.41, 5.74) is 2.72. The predicted molar refractivity (Wildman–Crippen MR) is 81.8 cm³/mol. The van der Waals surface area contributed by atoms with E-state index in [0.717, 1.165) is 22.6 Å². The average Bonchev–Trinajstić information content (AvgIpc) is 2.54. The minimum atomic E-state index is -0.231. The molecule has 0 fully saturated rings. The average molecular weight is 301 g/mol. The third-order valence-corrected chi connectivity index (χ3v) is 3.23. The molecule has 0 aliphatic heterocycles. The first kappa shape index (κ1) is 15.8. The Balaban J connectivity index is 1.84. The maximum absolute atomic E-state index is 11.8. The predicted octanol–water partition coefficient (Wildman–Crippen LogP) is 1.80. The molecule has 0 aliphatic rings. The number of amides is 1. The summed E-state index contributed by atoms with van der Waals surface area (Å²) in [6.07, 6.45) is 0. The van der Waals surface area contributed by atoms with Crippen LogP contribution in [0.2, 0.25) is 0 Å². The Morgan fingerprint density at radius 2 is 2.00 bits per heavy atom. The maximum Gasteiger partial charge on any atom is 0.258 e. The first-order valence-electron chi connectivity index (χ1n) is 6.92. The lowest BCUT2D eigenvalue weighted by Gasteiger charge is -2.10. The molecule has 1 aromatic heterocycles. The number of ether oxygens (including phenoxy) is 2. The van der Waals surface area contributed by atoms with E-state index in [4.69, 9.17) is 9.47 Å². The highest BCUT2D eigenvalue weighted by atomic mass is 16.5. The molecule has 6 heteroatoms. The summed E-state index contributed by atoms with van der Waals surface area (Å²) in [5.74, 6) is 0.852. The standard InChI is InChI=1S/C16H19N3O3/c1-11-8-16(19-18-12(11)2)22-10-15(20)17-9-13-6-4-5-7-14(13)21-3/h4-8H,9-10H2,1-3H3,(H,17,20). The Hall–Kier alpha value is -2.63. The Labute approximate surface area is 129 Å². The van der Waals surface area contributed by atoms with Gasteiger partial charge in [0.2, 0.25) is 5.88 Å². The molecule has 1 aromatic carbocycles. The molecule has 1 heterocycles. The van der Waals surface area contributed by atoms with E-state index in [1.54, 1.807) is 13.2 Å². The number of benzene rings is 1. The number of aryl methyl sites for hydroxylation is 2. The molecule has 0 bridgehead atoms. The minimum absolute atomic E-state index is 0.105. The summed E-state index contributed by atoms with van der Waals surface area (Å²) in [4.78, 5) is 11.8. The highest BCUT2D eigenvalue weighted by Crippen LogP contribution is 2.16. The molecule has 0 saturated heterocycles. The van der Waals surface area contributed by atoms with Crippen LogP contribution in [0.4, 0.5) is 0 Å². The van der Waals surface area contributed by atoms with Crippen molar-refractivity contribution < 1.29 is 14.3 Å². The maximum atomic E-state index is 11.8. The van der Waals surface area contributed by atoms with Crippen molar-refractivity contribution in [1.29, 1.82) is 0 Å². The molecule has 0 radical (unpaired) electrons. The van der Waals surface area contributed by atoms with Gasteiger partial charge in [-0.3, -0.25) is 4.79 Å². The van der Waals surface area contributed by atoms with Gasteiger partial charge in [0.15, 0.2) is 6.61 Å². The van der Waals surface area contributed by atoms with E-state index in [-0.39, 0.29) is 12.5 Å². The number of aromatic nitrogens is 2. The zero-order chi connectivity index (χ0) is 15.9. The zero-order valence-electron chi connectivity index (χ0n) is 12.9. The first-order chi connectivity index (χ1) is 10.6. The van der Waals surface area contributed by atoms with E-state index < -0.39 is 0 Å². The number of hydrogen-bond acceptors (Lipinski definition) is 5. The number of rotatable bonds is 6. The van der Waals surface area contributed by atoms with E-state index >= 15 is 0 Å². The van der Waals surface area contributed by atoms with Crippen molar-refractivity contribution in [2.24, 2.45) is 0 Å². The fourth-order valence-corrected chi connectivity index (χ4v) is 1.83. The third-order valence-electron chi connectivity index (χ3n) is 3.23. The summed E-state index contributed by atoms with van der Waals surface area (Å²) in [7, 11) is 1.60. The molecular formula is C16H19N3O3. The van der Waals surface area contributed by atoms with E-state index in [0.29, 0.717) is 12.4 Å². The van der Waals surface area contributed by atoms with Crippen LogP contribution in [0.25, 0.3) is 0 Å². The van der Waals surface area contributed by atoms with Gasteiger partial charge in [-0.2, -0.15) is 5.10 Å². The van der Waals surface area contributed by atoms with Gasteiger partial charge in [0, 0.05) is 18.2 Å². The van der Waals surface area contributed by atoms with Crippen LogP contribution >= 0.6 is 0 Å². The monoisotopic (exact) mass is 301 g/mol. The summed E-state index contributed by atoms with van der Waals surface area (Å²) < 4.78 is 10.6. The number of nitrogens with one attached hydrogen (secondary N) is 1. The van der Waals surface area contributed by atoms with Crippen LogP contribution in [-0.4, -0.2) is 29.8 Å². The lowest BCUT2D eigenvalue weighted by Crippen LogP contribution is -2.28. The van der Waals surface area contributed by atoms with Gasteiger partial charge < -0.3 is 14.8 Å². The second kappa shape index (κ2) is 7.40. The van der Waals surface area contributed by atoms with E-state index in [9.17, 15) is 4.79 Å². The second-order valence-corrected chi connectivity index (χ2v) is 4.83. The molecule has 0 spiro atoms. The van der Waals surface area contributed by atoms with Gasteiger partial charge in [-0.1, -0.05) is 18.2 Å². The van der Waals surface area contributed by atoms with Crippen molar-refractivity contribution in [2.45, 2.75) is 20.4 Å². The normalized spacial score (nSPS) is 10.1. The number of carbonyl (C=O) groups is 1.